The molecule has 0 saturated heterocycles. The van der Waals surface area contributed by atoms with Gasteiger partial charge in [0.15, 0.2) is 8.57 Å². The number of fused-ring (bicyclic) bond motifs is 1. The van der Waals surface area contributed by atoms with Crippen molar-refractivity contribution in [2.75, 3.05) is 13.7 Å². The monoisotopic (exact) mass is 656 g/mol. The van der Waals surface area contributed by atoms with Crippen LogP contribution in [0.25, 0.3) is 6.08 Å². The van der Waals surface area contributed by atoms with Crippen LogP contribution in [0.5, 0.6) is 5.75 Å². The van der Waals surface area contributed by atoms with Gasteiger partial charge in [0.05, 0.1) is 29.5 Å². The highest BCUT2D eigenvalue weighted by atomic mass is 127. The second kappa shape index (κ2) is 10.6. The van der Waals surface area contributed by atoms with Gasteiger partial charge in [0, 0.05) is 16.1 Å². The molecule has 1 aromatic carbocycles. The average molecular weight is 657 g/mol. The second-order valence-electron chi connectivity index (χ2n) is 7.44. The highest BCUT2D eigenvalue weighted by Gasteiger charge is 2.36. The number of methoxy groups -OCH3 is 1. The summed E-state index contributed by atoms with van der Waals surface area (Å²) in [6.07, 6.45) is 3.06. The lowest BCUT2D eigenvalue weighted by Gasteiger charge is -2.27. The predicted octanol–water partition coefficient (Wildman–Crippen LogP) is 4.55. The average Bonchev–Trinajstić information content (AvgIpc) is 3.35. The van der Waals surface area contributed by atoms with Gasteiger partial charge in [0.1, 0.15) is 17.6 Å². The molecule has 1 atom stereocenters. The van der Waals surface area contributed by atoms with Gasteiger partial charge < -0.3 is 13.9 Å². The SMILES string of the molecule is CCCC1=C(C(=O)OCC)[C@H](c2cc(Br)ccc2OC)n2c(s/c(=C/c3ccc(I)o3)c2=O)=N1. The fraction of sp³-hybridized carbons (Fsp3) is 0.292. The molecule has 7 nitrogen and oxygen atoms in total. The number of benzene rings is 1. The van der Waals surface area contributed by atoms with Gasteiger partial charge in [-0.1, -0.05) is 40.6 Å². The van der Waals surface area contributed by atoms with Crippen molar-refractivity contribution in [1.29, 1.82) is 0 Å². The smallest absolute Gasteiger partial charge is 0.338 e. The molecule has 0 saturated carbocycles. The number of allylic oxidation sites excluding steroid dienone is 1. The van der Waals surface area contributed by atoms with Crippen molar-refractivity contribution < 1.29 is 18.7 Å². The number of nitrogens with zero attached hydrogens (tertiary/aromatic N) is 2. The largest absolute Gasteiger partial charge is 0.496 e. The zero-order valence-electron chi connectivity index (χ0n) is 18.8. The van der Waals surface area contributed by atoms with Crippen LogP contribution in [0.3, 0.4) is 0 Å². The molecule has 0 fully saturated rings. The molecule has 1 aliphatic rings. The first-order valence-corrected chi connectivity index (χ1v) is 13.4. The van der Waals surface area contributed by atoms with E-state index in [4.69, 9.17) is 18.9 Å². The van der Waals surface area contributed by atoms with Gasteiger partial charge in [-0.25, -0.2) is 9.79 Å². The van der Waals surface area contributed by atoms with E-state index in [1.54, 1.807) is 30.7 Å². The highest BCUT2D eigenvalue weighted by molar-refractivity contribution is 14.1. The Morgan fingerprint density at radius 1 is 1.32 bits per heavy atom. The van der Waals surface area contributed by atoms with Crippen molar-refractivity contribution in [3.8, 4) is 5.75 Å². The lowest BCUT2D eigenvalue weighted by molar-refractivity contribution is -0.139. The summed E-state index contributed by atoms with van der Waals surface area (Å²) in [7, 11) is 1.57. The molecule has 4 rings (SSSR count). The Balaban J connectivity index is 2.05. The van der Waals surface area contributed by atoms with Crippen molar-refractivity contribution in [3.05, 3.63) is 80.9 Å². The first-order chi connectivity index (χ1) is 16.4. The summed E-state index contributed by atoms with van der Waals surface area (Å²) in [6.45, 7) is 3.99. The van der Waals surface area contributed by atoms with E-state index in [0.717, 1.165) is 14.7 Å². The summed E-state index contributed by atoms with van der Waals surface area (Å²) < 4.78 is 20.2. The summed E-state index contributed by atoms with van der Waals surface area (Å²) in [5.41, 5.74) is 1.38. The van der Waals surface area contributed by atoms with E-state index in [2.05, 4.69) is 38.5 Å². The fourth-order valence-electron chi connectivity index (χ4n) is 3.87. The number of hydrogen-bond acceptors (Lipinski definition) is 7. The molecule has 3 aromatic rings. The van der Waals surface area contributed by atoms with E-state index in [9.17, 15) is 9.59 Å². The molecule has 3 heterocycles. The molecule has 0 spiro atoms. The summed E-state index contributed by atoms with van der Waals surface area (Å²) in [6, 6.07) is 8.42. The van der Waals surface area contributed by atoms with Crippen LogP contribution in [0.4, 0.5) is 0 Å². The van der Waals surface area contributed by atoms with E-state index in [1.807, 2.05) is 31.2 Å². The predicted molar refractivity (Wildman–Crippen MR) is 142 cm³/mol. The highest BCUT2D eigenvalue weighted by Crippen LogP contribution is 2.38. The molecule has 34 heavy (non-hydrogen) atoms. The standard InChI is InChI=1S/C24H22BrIN2O5S/c1-4-6-16-20(23(30)32-5-2)21(15-11-13(25)7-9-17(15)31-3)28-22(29)18(34-24(28)27-16)12-14-8-10-19(26)33-14/h7-12,21H,4-6H2,1-3H3/b18-12+/t21-/m0/s1. The van der Waals surface area contributed by atoms with Crippen LogP contribution in [0, 0.1) is 3.77 Å². The Bertz CT molecular complexity index is 1450. The normalized spacial score (nSPS) is 15.8. The number of carbonyl (C=O) groups excluding carboxylic acids is 1. The Morgan fingerprint density at radius 3 is 2.76 bits per heavy atom. The quantitative estimate of drug-likeness (QED) is 0.275. The van der Waals surface area contributed by atoms with Gasteiger partial charge in [0.25, 0.3) is 5.56 Å². The molecule has 0 unspecified atom stereocenters. The maximum absolute atomic E-state index is 13.7. The molecule has 10 heteroatoms. The third-order valence-corrected chi connectivity index (χ3v) is 7.30. The van der Waals surface area contributed by atoms with E-state index >= 15 is 0 Å². The van der Waals surface area contributed by atoms with Crippen molar-refractivity contribution in [1.82, 2.24) is 4.57 Å². The van der Waals surface area contributed by atoms with E-state index in [-0.39, 0.29) is 12.2 Å². The lowest BCUT2D eigenvalue weighted by atomic mass is 9.93. The molecule has 2 aromatic heterocycles. The number of hydrogen-bond donors (Lipinski definition) is 0. The number of furan rings is 1. The van der Waals surface area contributed by atoms with Crippen LogP contribution >= 0.6 is 49.9 Å². The molecule has 0 N–H and O–H groups in total. The second-order valence-corrected chi connectivity index (χ2v) is 10.4. The molecule has 0 radical (unpaired) electrons. The summed E-state index contributed by atoms with van der Waals surface area (Å²) >= 11 is 6.86. The summed E-state index contributed by atoms with van der Waals surface area (Å²) in [5, 5.41) is 0. The molecular weight excluding hydrogens is 635 g/mol. The summed E-state index contributed by atoms with van der Waals surface area (Å²) in [4.78, 5) is 32.2. The Kier molecular flexibility index (Phi) is 7.78. The number of aromatic nitrogens is 1. The number of rotatable bonds is 7. The number of carbonyl (C=O) groups is 1. The minimum absolute atomic E-state index is 0.214. The number of ether oxygens (including phenoxy) is 2. The Morgan fingerprint density at radius 2 is 2.12 bits per heavy atom. The van der Waals surface area contributed by atoms with Crippen molar-refractivity contribution in [2.45, 2.75) is 32.7 Å². The molecule has 0 aliphatic carbocycles. The van der Waals surface area contributed by atoms with Crippen LogP contribution in [-0.2, 0) is 9.53 Å². The van der Waals surface area contributed by atoms with Gasteiger partial charge in [0.2, 0.25) is 0 Å². The number of esters is 1. The minimum Gasteiger partial charge on any atom is -0.496 e. The first kappa shape index (κ1) is 24.9. The van der Waals surface area contributed by atoms with Crippen molar-refractivity contribution in [3.63, 3.8) is 0 Å². The Hall–Kier alpha value is -2.18. The fourth-order valence-corrected chi connectivity index (χ4v) is 5.68. The molecule has 178 valence electrons. The van der Waals surface area contributed by atoms with Gasteiger partial charge in [-0.15, -0.1) is 0 Å². The summed E-state index contributed by atoms with van der Waals surface area (Å²) in [5.74, 6) is 0.643. The first-order valence-electron chi connectivity index (χ1n) is 10.7. The van der Waals surface area contributed by atoms with E-state index < -0.39 is 12.0 Å². The molecule has 0 amide bonds. The third-order valence-electron chi connectivity index (χ3n) is 5.25. The van der Waals surface area contributed by atoms with Crippen LogP contribution in [0.15, 0.2) is 60.3 Å². The van der Waals surface area contributed by atoms with Crippen molar-refractivity contribution >= 4 is 61.9 Å². The van der Waals surface area contributed by atoms with Gasteiger partial charge in [-0.2, -0.15) is 0 Å². The minimum atomic E-state index is -0.747. The van der Waals surface area contributed by atoms with E-state index in [0.29, 0.717) is 44.1 Å². The van der Waals surface area contributed by atoms with Crippen LogP contribution in [-0.4, -0.2) is 24.3 Å². The van der Waals surface area contributed by atoms with Gasteiger partial charge in [-0.3, -0.25) is 9.36 Å². The van der Waals surface area contributed by atoms with Crippen LogP contribution < -0.4 is 19.6 Å². The lowest BCUT2D eigenvalue weighted by Crippen LogP contribution is -2.40. The van der Waals surface area contributed by atoms with Crippen LogP contribution in [0.2, 0.25) is 0 Å². The van der Waals surface area contributed by atoms with Gasteiger partial charge >= 0.3 is 5.97 Å². The van der Waals surface area contributed by atoms with Crippen LogP contribution in [0.1, 0.15) is 44.1 Å². The zero-order valence-corrected chi connectivity index (χ0v) is 23.3. The van der Waals surface area contributed by atoms with Crippen molar-refractivity contribution in [2.24, 2.45) is 4.99 Å². The Labute approximate surface area is 222 Å². The molecule has 1 aliphatic heterocycles. The molecular formula is C24H22BrIN2O5S. The number of thiazole rings is 1. The third kappa shape index (κ3) is 4.80. The zero-order chi connectivity index (χ0) is 24.4. The maximum Gasteiger partial charge on any atom is 0.338 e. The van der Waals surface area contributed by atoms with Gasteiger partial charge in [-0.05, 0) is 66.3 Å². The number of halogens is 2. The maximum atomic E-state index is 13.7. The topological polar surface area (TPSA) is 83.0 Å². The molecule has 0 bridgehead atoms. The van der Waals surface area contributed by atoms with E-state index in [1.165, 1.54) is 11.3 Å².